The number of piperazine rings is 1. The summed E-state index contributed by atoms with van der Waals surface area (Å²) in [5, 5.41) is 0.897. The average Bonchev–Trinajstić information content (AvgIpc) is 2.59. The second kappa shape index (κ2) is 6.71. The Hall–Kier alpha value is -2.43. The minimum atomic E-state index is -0.387. The van der Waals surface area contributed by atoms with Crippen LogP contribution in [-0.4, -0.2) is 52.8 Å². The van der Waals surface area contributed by atoms with Crippen LogP contribution in [0.5, 0.6) is 0 Å². The summed E-state index contributed by atoms with van der Waals surface area (Å²) in [6.45, 7) is 12.0. The van der Waals surface area contributed by atoms with E-state index in [1.807, 2.05) is 68.7 Å². The summed E-state index contributed by atoms with van der Waals surface area (Å²) in [5.74, 6) is 0.166. The summed E-state index contributed by atoms with van der Waals surface area (Å²) in [7, 11) is 0. The molecule has 0 saturated carbocycles. The first-order valence-electron chi connectivity index (χ1n) is 9.13. The Labute approximate surface area is 155 Å². The largest absolute Gasteiger partial charge is 0.339 e. The molecule has 1 aliphatic rings. The van der Waals surface area contributed by atoms with E-state index < -0.39 is 0 Å². The third-order valence-electron chi connectivity index (χ3n) is 4.82. The number of aromatic nitrogens is 1. The van der Waals surface area contributed by atoms with E-state index in [2.05, 4.69) is 4.98 Å². The smallest absolute Gasteiger partial charge is 0.254 e. The van der Waals surface area contributed by atoms with E-state index in [1.165, 1.54) is 0 Å². The van der Waals surface area contributed by atoms with E-state index in [-0.39, 0.29) is 17.2 Å². The van der Waals surface area contributed by atoms with Gasteiger partial charge >= 0.3 is 0 Å². The van der Waals surface area contributed by atoms with Gasteiger partial charge in [0.25, 0.3) is 5.91 Å². The van der Waals surface area contributed by atoms with Crippen molar-refractivity contribution in [1.82, 2.24) is 14.8 Å². The fourth-order valence-electron chi connectivity index (χ4n) is 3.41. The third kappa shape index (κ3) is 3.57. The van der Waals surface area contributed by atoms with Gasteiger partial charge in [0.1, 0.15) is 0 Å². The van der Waals surface area contributed by atoms with Crippen molar-refractivity contribution in [3.05, 3.63) is 41.1 Å². The monoisotopic (exact) mass is 353 g/mol. The fourth-order valence-corrected chi connectivity index (χ4v) is 3.41. The molecule has 138 valence electrons. The van der Waals surface area contributed by atoms with Crippen LogP contribution >= 0.6 is 0 Å². The maximum atomic E-state index is 13.1. The van der Waals surface area contributed by atoms with Crippen molar-refractivity contribution in [1.29, 1.82) is 0 Å². The number of aryl methyl sites for hydroxylation is 2. The maximum Gasteiger partial charge on any atom is 0.254 e. The number of amides is 2. The molecule has 1 aromatic carbocycles. The number of rotatable bonds is 1. The summed E-state index contributed by atoms with van der Waals surface area (Å²) in [6, 6.07) is 7.87. The number of fused-ring (bicyclic) bond motifs is 1. The van der Waals surface area contributed by atoms with Crippen LogP contribution in [0.3, 0.4) is 0 Å². The van der Waals surface area contributed by atoms with Gasteiger partial charge in [-0.2, -0.15) is 0 Å². The molecule has 2 aromatic rings. The van der Waals surface area contributed by atoms with Gasteiger partial charge in [0.2, 0.25) is 5.91 Å². The summed E-state index contributed by atoms with van der Waals surface area (Å²) >= 11 is 0. The zero-order chi connectivity index (χ0) is 19.1. The molecule has 0 radical (unpaired) electrons. The lowest BCUT2D eigenvalue weighted by Gasteiger charge is -2.37. The number of carbonyl (C=O) groups excluding carboxylic acids is 2. The van der Waals surface area contributed by atoms with Gasteiger partial charge in [0.05, 0.1) is 11.1 Å². The van der Waals surface area contributed by atoms with Crippen molar-refractivity contribution in [3.63, 3.8) is 0 Å². The number of benzene rings is 1. The van der Waals surface area contributed by atoms with Crippen LogP contribution in [-0.2, 0) is 4.79 Å². The molecule has 1 saturated heterocycles. The molecule has 1 aromatic heterocycles. The van der Waals surface area contributed by atoms with Crippen molar-refractivity contribution in [2.24, 2.45) is 5.41 Å². The molecule has 1 fully saturated rings. The van der Waals surface area contributed by atoms with Crippen molar-refractivity contribution in [2.45, 2.75) is 34.6 Å². The first-order chi connectivity index (χ1) is 12.2. The Morgan fingerprint density at radius 2 is 1.58 bits per heavy atom. The molecule has 26 heavy (non-hydrogen) atoms. The van der Waals surface area contributed by atoms with E-state index in [0.717, 1.165) is 22.2 Å². The van der Waals surface area contributed by atoms with Gasteiger partial charge in [-0.25, -0.2) is 0 Å². The summed E-state index contributed by atoms with van der Waals surface area (Å²) in [4.78, 5) is 33.8. The molecule has 0 bridgehead atoms. The number of carbonyl (C=O) groups is 2. The lowest BCUT2D eigenvalue weighted by Crippen LogP contribution is -2.53. The molecule has 0 aliphatic carbocycles. The van der Waals surface area contributed by atoms with Crippen molar-refractivity contribution >= 4 is 22.7 Å². The Morgan fingerprint density at radius 1 is 0.962 bits per heavy atom. The van der Waals surface area contributed by atoms with Crippen LogP contribution in [0.1, 0.15) is 42.4 Å². The quantitative estimate of drug-likeness (QED) is 0.791. The number of hydrogen-bond acceptors (Lipinski definition) is 3. The van der Waals surface area contributed by atoms with E-state index >= 15 is 0 Å². The minimum Gasteiger partial charge on any atom is -0.339 e. The molecule has 5 nitrogen and oxygen atoms in total. The van der Waals surface area contributed by atoms with Crippen molar-refractivity contribution < 1.29 is 9.59 Å². The molecular weight excluding hydrogens is 326 g/mol. The van der Waals surface area contributed by atoms with Crippen molar-refractivity contribution in [3.8, 4) is 0 Å². The van der Waals surface area contributed by atoms with Gasteiger partial charge < -0.3 is 9.80 Å². The van der Waals surface area contributed by atoms with E-state index in [9.17, 15) is 9.59 Å². The molecule has 5 heteroatoms. The number of hydrogen-bond donors (Lipinski definition) is 0. The predicted octanol–water partition coefficient (Wildman–Crippen LogP) is 3.18. The third-order valence-corrected chi connectivity index (χ3v) is 4.82. The molecule has 2 amide bonds. The summed E-state index contributed by atoms with van der Waals surface area (Å²) in [6.07, 6.45) is 0. The minimum absolute atomic E-state index is 0.0222. The topological polar surface area (TPSA) is 53.5 Å². The van der Waals surface area contributed by atoms with E-state index in [4.69, 9.17) is 0 Å². The Kier molecular flexibility index (Phi) is 4.74. The highest BCUT2D eigenvalue weighted by atomic mass is 16.2. The maximum absolute atomic E-state index is 13.1. The van der Waals surface area contributed by atoms with Gasteiger partial charge in [0.15, 0.2) is 0 Å². The first kappa shape index (κ1) is 18.4. The Balaban J connectivity index is 1.82. The number of pyridine rings is 1. The highest BCUT2D eigenvalue weighted by Gasteiger charge is 2.31. The van der Waals surface area contributed by atoms with Crippen LogP contribution < -0.4 is 0 Å². The van der Waals surface area contributed by atoms with Gasteiger partial charge in [-0.05, 0) is 32.0 Å². The first-order valence-corrected chi connectivity index (χ1v) is 9.13. The second-order valence-corrected chi connectivity index (χ2v) is 8.17. The van der Waals surface area contributed by atoms with E-state index in [0.29, 0.717) is 31.7 Å². The van der Waals surface area contributed by atoms with Gasteiger partial charge in [0, 0.05) is 42.7 Å². The highest BCUT2D eigenvalue weighted by molar-refractivity contribution is 6.06. The van der Waals surface area contributed by atoms with Gasteiger partial charge in [-0.1, -0.05) is 32.4 Å². The normalized spacial score (nSPS) is 15.4. The van der Waals surface area contributed by atoms with Crippen molar-refractivity contribution in [2.75, 3.05) is 26.2 Å². The molecule has 0 atom stereocenters. The Morgan fingerprint density at radius 3 is 2.19 bits per heavy atom. The lowest BCUT2D eigenvalue weighted by molar-refractivity contribution is -0.140. The zero-order valence-corrected chi connectivity index (χ0v) is 16.3. The lowest BCUT2D eigenvalue weighted by atomic mass is 9.94. The van der Waals surface area contributed by atoms with Crippen LogP contribution in [0.4, 0.5) is 0 Å². The van der Waals surface area contributed by atoms with Crippen LogP contribution in [0.15, 0.2) is 24.3 Å². The predicted molar refractivity (Wildman–Crippen MR) is 103 cm³/mol. The van der Waals surface area contributed by atoms with Crippen LogP contribution in [0, 0.1) is 19.3 Å². The SMILES string of the molecule is Cc1ccc2nc(C)cc(C(=O)N3CCN(C(=O)C(C)(C)C)CC3)c2c1. The molecular formula is C21H27N3O2. The molecule has 0 unspecified atom stereocenters. The second-order valence-electron chi connectivity index (χ2n) is 8.17. The average molecular weight is 353 g/mol. The Bertz CT molecular complexity index is 859. The number of nitrogens with zero attached hydrogens (tertiary/aromatic N) is 3. The van der Waals surface area contributed by atoms with Gasteiger partial charge in [-0.3, -0.25) is 14.6 Å². The molecule has 1 aliphatic heterocycles. The zero-order valence-electron chi connectivity index (χ0n) is 16.3. The molecule has 3 rings (SSSR count). The highest BCUT2D eigenvalue weighted by Crippen LogP contribution is 2.23. The summed E-state index contributed by atoms with van der Waals surface area (Å²) < 4.78 is 0. The van der Waals surface area contributed by atoms with E-state index in [1.54, 1.807) is 0 Å². The fraction of sp³-hybridized carbons (Fsp3) is 0.476. The standard InChI is InChI=1S/C21H27N3O2/c1-14-6-7-18-16(12-14)17(13-15(2)22-18)19(25)23-8-10-24(11-9-23)20(26)21(3,4)5/h6-7,12-13H,8-11H2,1-5H3. The van der Waals surface area contributed by atoms with Gasteiger partial charge in [-0.15, -0.1) is 0 Å². The summed E-state index contributed by atoms with van der Waals surface area (Å²) in [5.41, 5.74) is 3.11. The van der Waals surface area contributed by atoms with Crippen LogP contribution in [0.2, 0.25) is 0 Å². The molecule has 0 spiro atoms. The molecule has 2 heterocycles. The molecule has 0 N–H and O–H groups in total. The van der Waals surface area contributed by atoms with Crippen LogP contribution in [0.25, 0.3) is 10.9 Å².